The van der Waals surface area contributed by atoms with Gasteiger partial charge in [0.1, 0.15) is 5.71 Å². The largest absolute Gasteiger partial charge is 0.396 e. The summed E-state index contributed by atoms with van der Waals surface area (Å²) in [6.45, 7) is 0.0342. The second-order valence-corrected chi connectivity index (χ2v) is 8.70. The first-order valence-corrected chi connectivity index (χ1v) is 11.8. The molecule has 0 aliphatic heterocycles. The van der Waals surface area contributed by atoms with Crippen molar-refractivity contribution in [2.45, 2.75) is 6.42 Å². The molecule has 0 saturated carbocycles. The summed E-state index contributed by atoms with van der Waals surface area (Å²) in [4.78, 5) is 18.5. The number of benzene rings is 5. The van der Waals surface area contributed by atoms with E-state index in [9.17, 15) is 9.90 Å². The number of aliphatic imine (C=N–C) groups is 1. The normalized spacial score (nSPS) is 13.6. The molecule has 0 saturated heterocycles. The smallest absolute Gasteiger partial charge is 0.212 e. The summed E-state index contributed by atoms with van der Waals surface area (Å²) in [5.41, 5.74) is 8.07. The maximum atomic E-state index is 13.7. The SMILES string of the molecule is O=C1/C(=N\c2ccccc2CCO)c2ccc(-c3ccccc3)c3c(-c4ccccc4)ccc1c23. The van der Waals surface area contributed by atoms with Crippen LogP contribution >= 0.6 is 0 Å². The van der Waals surface area contributed by atoms with E-state index in [-0.39, 0.29) is 12.4 Å². The standard InChI is InChI=1S/C32H23NO2/c34-20-19-23-13-7-8-14-28(23)33-31-26-17-15-24(21-9-3-1-4-10-21)29-25(22-11-5-2-6-12-22)16-18-27(30(26)29)32(31)35/h1-18,34H,19-20H2/b33-31-. The van der Waals surface area contributed by atoms with E-state index in [2.05, 4.69) is 36.4 Å². The van der Waals surface area contributed by atoms with Gasteiger partial charge in [0.25, 0.3) is 0 Å². The second kappa shape index (κ2) is 8.79. The highest BCUT2D eigenvalue weighted by atomic mass is 16.3. The Hall–Kier alpha value is -4.34. The number of carbonyl (C=O) groups excluding carboxylic acids is 1. The fourth-order valence-corrected chi connectivity index (χ4v) is 5.03. The molecule has 1 N–H and O–H groups in total. The van der Waals surface area contributed by atoms with Gasteiger partial charge in [-0.2, -0.15) is 0 Å². The molecule has 0 fully saturated rings. The molecule has 5 aromatic rings. The Morgan fingerprint density at radius 3 is 1.71 bits per heavy atom. The zero-order chi connectivity index (χ0) is 23.8. The molecule has 0 unspecified atom stereocenters. The summed E-state index contributed by atoms with van der Waals surface area (Å²) in [5.74, 6) is -0.0615. The molecule has 168 valence electrons. The molecule has 35 heavy (non-hydrogen) atoms. The van der Waals surface area contributed by atoms with Crippen LogP contribution in [0.4, 0.5) is 5.69 Å². The second-order valence-electron chi connectivity index (χ2n) is 8.70. The van der Waals surface area contributed by atoms with Crippen molar-refractivity contribution >= 4 is 28.0 Å². The summed E-state index contributed by atoms with van der Waals surface area (Å²) < 4.78 is 0. The first-order valence-electron chi connectivity index (χ1n) is 11.8. The molecular weight excluding hydrogens is 430 g/mol. The van der Waals surface area contributed by atoms with Gasteiger partial charge in [-0.3, -0.25) is 4.79 Å². The number of para-hydroxylation sites is 1. The van der Waals surface area contributed by atoms with Gasteiger partial charge in [0.2, 0.25) is 5.78 Å². The van der Waals surface area contributed by atoms with Crippen LogP contribution in [0.3, 0.4) is 0 Å². The third kappa shape index (κ3) is 3.58. The van der Waals surface area contributed by atoms with E-state index in [0.29, 0.717) is 17.7 Å². The summed E-state index contributed by atoms with van der Waals surface area (Å²) in [7, 11) is 0. The van der Waals surface area contributed by atoms with Crippen LogP contribution < -0.4 is 0 Å². The predicted molar refractivity (Wildman–Crippen MR) is 143 cm³/mol. The lowest BCUT2D eigenvalue weighted by molar-refractivity contribution is 0.107. The molecule has 1 aliphatic rings. The predicted octanol–water partition coefficient (Wildman–Crippen LogP) is 7.03. The molecule has 0 bridgehead atoms. The van der Waals surface area contributed by atoms with E-state index in [0.717, 1.165) is 49.8 Å². The van der Waals surface area contributed by atoms with Crippen molar-refractivity contribution in [2.24, 2.45) is 4.99 Å². The first-order chi connectivity index (χ1) is 17.3. The molecule has 6 rings (SSSR count). The quantitative estimate of drug-likeness (QED) is 0.311. The van der Waals surface area contributed by atoms with Crippen molar-refractivity contribution in [3.05, 3.63) is 126 Å². The molecular formula is C32H23NO2. The number of nitrogens with zero attached hydrogens (tertiary/aromatic N) is 1. The lowest BCUT2D eigenvalue weighted by Gasteiger charge is -2.14. The van der Waals surface area contributed by atoms with Gasteiger partial charge in [0.15, 0.2) is 0 Å². The van der Waals surface area contributed by atoms with Crippen LogP contribution in [-0.4, -0.2) is 23.2 Å². The number of hydrogen-bond acceptors (Lipinski definition) is 3. The van der Waals surface area contributed by atoms with E-state index in [1.807, 2.05) is 72.8 Å². The van der Waals surface area contributed by atoms with Crippen LogP contribution in [0, 0.1) is 0 Å². The van der Waals surface area contributed by atoms with Gasteiger partial charge >= 0.3 is 0 Å². The Balaban J connectivity index is 1.66. The van der Waals surface area contributed by atoms with Crippen LogP contribution in [-0.2, 0) is 6.42 Å². The Morgan fingerprint density at radius 1 is 0.571 bits per heavy atom. The number of aliphatic hydroxyl groups excluding tert-OH is 1. The average Bonchev–Trinajstić information content (AvgIpc) is 3.18. The minimum Gasteiger partial charge on any atom is -0.396 e. The van der Waals surface area contributed by atoms with Gasteiger partial charge < -0.3 is 5.11 Å². The van der Waals surface area contributed by atoms with Gasteiger partial charge in [-0.05, 0) is 51.8 Å². The maximum absolute atomic E-state index is 13.7. The number of ketones is 1. The van der Waals surface area contributed by atoms with Crippen molar-refractivity contribution in [3.8, 4) is 22.3 Å². The lowest BCUT2D eigenvalue weighted by Crippen LogP contribution is -2.08. The van der Waals surface area contributed by atoms with Crippen molar-refractivity contribution in [1.82, 2.24) is 0 Å². The van der Waals surface area contributed by atoms with E-state index < -0.39 is 0 Å². The molecule has 3 heteroatoms. The van der Waals surface area contributed by atoms with Crippen LogP contribution in [0.15, 0.2) is 114 Å². The average molecular weight is 454 g/mol. The Morgan fingerprint density at radius 2 is 1.09 bits per heavy atom. The number of Topliss-reactive ketones (excluding diaryl/α,β-unsaturated/α-hetero) is 1. The third-order valence-corrected chi connectivity index (χ3v) is 6.65. The highest BCUT2D eigenvalue weighted by Gasteiger charge is 2.31. The summed E-state index contributed by atoms with van der Waals surface area (Å²) in [6, 6.07) is 36.4. The zero-order valence-electron chi connectivity index (χ0n) is 19.1. The molecule has 0 aromatic heterocycles. The fraction of sp³-hybridized carbons (Fsp3) is 0.0625. The zero-order valence-corrected chi connectivity index (χ0v) is 19.1. The number of rotatable bonds is 5. The Bertz CT molecular complexity index is 1560. The van der Waals surface area contributed by atoms with Gasteiger partial charge in [0, 0.05) is 23.1 Å². The Labute approximate surface area is 204 Å². The molecule has 0 atom stereocenters. The van der Waals surface area contributed by atoms with Gasteiger partial charge in [-0.1, -0.05) is 97.1 Å². The van der Waals surface area contributed by atoms with E-state index in [1.165, 1.54) is 0 Å². The molecule has 0 radical (unpaired) electrons. The molecule has 3 nitrogen and oxygen atoms in total. The first kappa shape index (κ1) is 21.2. The molecule has 0 heterocycles. The van der Waals surface area contributed by atoms with Gasteiger partial charge in [-0.15, -0.1) is 0 Å². The summed E-state index contributed by atoms with van der Waals surface area (Å²) >= 11 is 0. The van der Waals surface area contributed by atoms with Crippen LogP contribution in [0.5, 0.6) is 0 Å². The van der Waals surface area contributed by atoms with E-state index in [1.54, 1.807) is 0 Å². The minimum absolute atomic E-state index is 0.0342. The fourth-order valence-electron chi connectivity index (χ4n) is 5.03. The highest BCUT2D eigenvalue weighted by molar-refractivity contribution is 6.60. The summed E-state index contributed by atoms with van der Waals surface area (Å²) in [5, 5.41) is 11.5. The topological polar surface area (TPSA) is 49.7 Å². The van der Waals surface area contributed by atoms with Gasteiger partial charge in [0.05, 0.1) is 5.69 Å². The number of carbonyl (C=O) groups is 1. The summed E-state index contributed by atoms with van der Waals surface area (Å²) in [6.07, 6.45) is 0.495. The Kier molecular flexibility index (Phi) is 5.32. The van der Waals surface area contributed by atoms with Crippen molar-refractivity contribution in [2.75, 3.05) is 6.61 Å². The van der Waals surface area contributed by atoms with Crippen molar-refractivity contribution in [3.63, 3.8) is 0 Å². The number of hydrogen-bond donors (Lipinski definition) is 1. The highest BCUT2D eigenvalue weighted by Crippen LogP contribution is 2.43. The number of aliphatic hydroxyl groups is 1. The minimum atomic E-state index is -0.0615. The lowest BCUT2D eigenvalue weighted by atomic mass is 9.89. The maximum Gasteiger partial charge on any atom is 0.212 e. The van der Waals surface area contributed by atoms with Crippen LogP contribution in [0.2, 0.25) is 0 Å². The van der Waals surface area contributed by atoms with Gasteiger partial charge in [-0.25, -0.2) is 4.99 Å². The van der Waals surface area contributed by atoms with E-state index >= 15 is 0 Å². The van der Waals surface area contributed by atoms with Crippen molar-refractivity contribution in [1.29, 1.82) is 0 Å². The third-order valence-electron chi connectivity index (χ3n) is 6.65. The van der Waals surface area contributed by atoms with Crippen LogP contribution in [0.25, 0.3) is 33.0 Å². The monoisotopic (exact) mass is 453 g/mol. The van der Waals surface area contributed by atoms with Crippen LogP contribution in [0.1, 0.15) is 21.5 Å². The van der Waals surface area contributed by atoms with E-state index in [4.69, 9.17) is 4.99 Å². The molecule has 0 spiro atoms. The molecule has 1 aliphatic carbocycles. The molecule has 5 aromatic carbocycles. The van der Waals surface area contributed by atoms with Crippen molar-refractivity contribution < 1.29 is 9.90 Å². The molecule has 0 amide bonds.